The molecule has 1 saturated heterocycles. The maximum absolute atomic E-state index is 5.90. The van der Waals surface area contributed by atoms with E-state index < -0.39 is 0 Å². The predicted molar refractivity (Wildman–Crippen MR) is 114 cm³/mol. The van der Waals surface area contributed by atoms with E-state index in [4.69, 9.17) is 18.9 Å². The molecule has 2 aliphatic rings. The van der Waals surface area contributed by atoms with E-state index in [-0.39, 0.29) is 12.2 Å². The van der Waals surface area contributed by atoms with Crippen molar-refractivity contribution in [3.8, 4) is 11.5 Å². The van der Waals surface area contributed by atoms with Gasteiger partial charge in [0.2, 0.25) is 0 Å². The van der Waals surface area contributed by atoms with Gasteiger partial charge in [0.1, 0.15) is 17.6 Å². The van der Waals surface area contributed by atoms with Gasteiger partial charge in [-0.3, -0.25) is 4.99 Å². The summed E-state index contributed by atoms with van der Waals surface area (Å²) in [5.74, 6) is 2.64. The van der Waals surface area contributed by atoms with Crippen LogP contribution in [0.1, 0.15) is 44.2 Å². The Kier molecular flexibility index (Phi) is 8.43. The molecule has 0 spiro atoms. The summed E-state index contributed by atoms with van der Waals surface area (Å²) in [7, 11) is 1.78. The zero-order valence-electron chi connectivity index (χ0n) is 18.0. The normalized spacial score (nSPS) is 21.0. The first-order valence-corrected chi connectivity index (χ1v) is 10.8. The Labute approximate surface area is 174 Å². The lowest BCUT2D eigenvalue weighted by molar-refractivity contribution is 0.0168. The molecule has 1 aromatic carbocycles. The molecule has 0 amide bonds. The average Bonchev–Trinajstić information content (AvgIpc) is 3.35. The number of aliphatic imine (C=N–C) groups is 1. The van der Waals surface area contributed by atoms with E-state index in [0.717, 1.165) is 68.5 Å². The lowest BCUT2D eigenvalue weighted by Crippen LogP contribution is -2.37. The smallest absolute Gasteiger partial charge is 0.191 e. The Morgan fingerprint density at radius 2 is 2.21 bits per heavy atom. The van der Waals surface area contributed by atoms with Crippen molar-refractivity contribution >= 4 is 5.96 Å². The molecule has 2 atom stereocenters. The second-order valence-electron chi connectivity index (χ2n) is 7.55. The first-order valence-electron chi connectivity index (χ1n) is 10.8. The molecule has 7 nitrogen and oxygen atoms in total. The van der Waals surface area contributed by atoms with E-state index in [1.165, 1.54) is 5.56 Å². The number of nitrogens with zero attached hydrogens (tertiary/aromatic N) is 1. The molecule has 0 aliphatic carbocycles. The van der Waals surface area contributed by atoms with Crippen molar-refractivity contribution < 1.29 is 18.9 Å². The van der Waals surface area contributed by atoms with Gasteiger partial charge in [-0.05, 0) is 45.2 Å². The van der Waals surface area contributed by atoms with Gasteiger partial charge < -0.3 is 29.6 Å². The van der Waals surface area contributed by atoms with Gasteiger partial charge in [-0.15, -0.1) is 0 Å². The molecule has 7 heteroatoms. The molecular formula is C22H35N3O4. The second kappa shape index (κ2) is 11.3. The first kappa shape index (κ1) is 21.7. The van der Waals surface area contributed by atoms with Gasteiger partial charge in [0.05, 0.1) is 19.3 Å². The number of rotatable bonds is 10. The van der Waals surface area contributed by atoms with Gasteiger partial charge in [0, 0.05) is 50.9 Å². The maximum Gasteiger partial charge on any atom is 0.191 e. The third-order valence-electron chi connectivity index (χ3n) is 5.13. The van der Waals surface area contributed by atoms with E-state index in [2.05, 4.69) is 34.7 Å². The highest BCUT2D eigenvalue weighted by Crippen LogP contribution is 2.35. The van der Waals surface area contributed by atoms with Crippen LogP contribution in [-0.4, -0.2) is 58.2 Å². The van der Waals surface area contributed by atoms with Crippen LogP contribution in [0.15, 0.2) is 17.1 Å². The number of nitrogens with one attached hydrogen (secondary N) is 2. The molecular weight excluding hydrogens is 370 g/mol. The second-order valence-corrected chi connectivity index (χ2v) is 7.55. The number of guanidine groups is 1. The standard InChI is InChI=1S/C22H35N3O4/c1-4-27-20-12-17-11-16(2)29-21(17)13-18(20)14-25-22(23-3)24-8-6-9-26-15-19-7-5-10-28-19/h12-13,16,19H,4-11,14-15H2,1-3H3,(H2,23,24,25). The van der Waals surface area contributed by atoms with Crippen LogP contribution >= 0.6 is 0 Å². The van der Waals surface area contributed by atoms with Crippen LogP contribution in [0.3, 0.4) is 0 Å². The molecule has 3 rings (SSSR count). The summed E-state index contributed by atoms with van der Waals surface area (Å²) >= 11 is 0. The van der Waals surface area contributed by atoms with Crippen molar-refractivity contribution in [3.05, 3.63) is 23.3 Å². The molecule has 0 aromatic heterocycles. The number of fused-ring (bicyclic) bond motifs is 1. The number of benzene rings is 1. The molecule has 1 aromatic rings. The number of hydrogen-bond donors (Lipinski definition) is 2. The summed E-state index contributed by atoms with van der Waals surface area (Å²) in [5.41, 5.74) is 2.29. The highest BCUT2D eigenvalue weighted by Gasteiger charge is 2.22. The Morgan fingerprint density at radius 3 is 2.97 bits per heavy atom. The minimum absolute atomic E-state index is 0.222. The fourth-order valence-corrected chi connectivity index (χ4v) is 3.68. The van der Waals surface area contributed by atoms with E-state index in [9.17, 15) is 0 Å². The van der Waals surface area contributed by atoms with Crippen LogP contribution in [0, 0.1) is 0 Å². The van der Waals surface area contributed by atoms with E-state index in [1.807, 2.05) is 6.92 Å². The number of hydrogen-bond acceptors (Lipinski definition) is 5. The zero-order valence-corrected chi connectivity index (χ0v) is 18.0. The Balaban J connectivity index is 1.41. The quantitative estimate of drug-likeness (QED) is 0.354. The van der Waals surface area contributed by atoms with Crippen molar-refractivity contribution in [3.63, 3.8) is 0 Å². The molecule has 2 aliphatic heterocycles. The van der Waals surface area contributed by atoms with Gasteiger partial charge in [0.25, 0.3) is 0 Å². The zero-order chi connectivity index (χ0) is 20.5. The fraction of sp³-hybridized carbons (Fsp3) is 0.682. The highest BCUT2D eigenvalue weighted by molar-refractivity contribution is 5.79. The van der Waals surface area contributed by atoms with E-state index in [1.54, 1.807) is 7.05 Å². The molecule has 162 valence electrons. The Morgan fingerprint density at radius 1 is 1.31 bits per heavy atom. The molecule has 1 fully saturated rings. The third kappa shape index (κ3) is 6.51. The highest BCUT2D eigenvalue weighted by atomic mass is 16.5. The summed E-state index contributed by atoms with van der Waals surface area (Å²) in [4.78, 5) is 4.31. The molecule has 2 unspecified atom stereocenters. The van der Waals surface area contributed by atoms with Crippen molar-refractivity contribution in [2.45, 2.75) is 58.3 Å². The molecule has 0 saturated carbocycles. The van der Waals surface area contributed by atoms with Gasteiger partial charge in [-0.1, -0.05) is 0 Å². The Hall–Kier alpha value is -1.99. The molecule has 0 bridgehead atoms. The number of ether oxygens (including phenoxy) is 4. The monoisotopic (exact) mass is 405 g/mol. The molecule has 29 heavy (non-hydrogen) atoms. The summed E-state index contributed by atoms with van der Waals surface area (Å²) in [6.07, 6.45) is 4.63. The Bertz CT molecular complexity index is 674. The minimum atomic E-state index is 0.222. The molecule has 2 N–H and O–H groups in total. The van der Waals surface area contributed by atoms with Crippen LogP contribution in [0.25, 0.3) is 0 Å². The van der Waals surface area contributed by atoms with Gasteiger partial charge in [-0.2, -0.15) is 0 Å². The van der Waals surface area contributed by atoms with Crippen LogP contribution in [0.5, 0.6) is 11.5 Å². The lowest BCUT2D eigenvalue weighted by Gasteiger charge is -2.16. The van der Waals surface area contributed by atoms with Crippen LogP contribution < -0.4 is 20.1 Å². The van der Waals surface area contributed by atoms with Crippen LogP contribution in [-0.2, 0) is 22.4 Å². The summed E-state index contributed by atoms with van der Waals surface area (Å²) in [6, 6.07) is 4.20. The van der Waals surface area contributed by atoms with Crippen LogP contribution in [0.2, 0.25) is 0 Å². The molecule has 0 radical (unpaired) electrons. The van der Waals surface area contributed by atoms with Gasteiger partial charge in [0.15, 0.2) is 5.96 Å². The van der Waals surface area contributed by atoms with Gasteiger partial charge in [-0.25, -0.2) is 0 Å². The topological polar surface area (TPSA) is 73.3 Å². The summed E-state index contributed by atoms with van der Waals surface area (Å²) in [6.45, 7) is 8.45. The van der Waals surface area contributed by atoms with E-state index in [0.29, 0.717) is 19.8 Å². The lowest BCUT2D eigenvalue weighted by atomic mass is 10.1. The first-order chi connectivity index (χ1) is 14.2. The maximum atomic E-state index is 5.90. The summed E-state index contributed by atoms with van der Waals surface area (Å²) < 4.78 is 23.0. The van der Waals surface area contributed by atoms with Crippen molar-refractivity contribution in [2.24, 2.45) is 4.99 Å². The van der Waals surface area contributed by atoms with Crippen molar-refractivity contribution in [1.29, 1.82) is 0 Å². The summed E-state index contributed by atoms with van der Waals surface area (Å²) in [5, 5.41) is 6.70. The fourth-order valence-electron chi connectivity index (χ4n) is 3.68. The average molecular weight is 406 g/mol. The predicted octanol–water partition coefficient (Wildman–Crippen LogP) is 2.66. The SMILES string of the molecule is CCOc1cc2c(cc1CNC(=NC)NCCCOCC1CCCO1)OC(C)C2. The minimum Gasteiger partial charge on any atom is -0.494 e. The van der Waals surface area contributed by atoms with E-state index >= 15 is 0 Å². The van der Waals surface area contributed by atoms with Gasteiger partial charge >= 0.3 is 0 Å². The van der Waals surface area contributed by atoms with Crippen molar-refractivity contribution in [1.82, 2.24) is 10.6 Å². The molecule has 2 heterocycles. The van der Waals surface area contributed by atoms with Crippen LogP contribution in [0.4, 0.5) is 0 Å². The third-order valence-corrected chi connectivity index (χ3v) is 5.13. The largest absolute Gasteiger partial charge is 0.494 e. The van der Waals surface area contributed by atoms with Crippen molar-refractivity contribution in [2.75, 3.05) is 40.0 Å².